The van der Waals surface area contributed by atoms with Crippen LogP contribution >= 0.6 is 0 Å². The molecule has 0 spiro atoms. The van der Waals surface area contributed by atoms with E-state index in [9.17, 15) is 8.42 Å². The number of sulfone groups is 1. The van der Waals surface area contributed by atoms with E-state index in [0.717, 1.165) is 22.4 Å². The van der Waals surface area contributed by atoms with Gasteiger partial charge in [-0.2, -0.15) is 0 Å². The molecule has 3 nitrogen and oxygen atoms in total. The summed E-state index contributed by atoms with van der Waals surface area (Å²) in [6.45, 7) is 1.94. The van der Waals surface area contributed by atoms with E-state index in [0.29, 0.717) is 10.6 Å². The molecule has 1 aliphatic heterocycles. The van der Waals surface area contributed by atoms with Crippen molar-refractivity contribution in [3.8, 4) is 0 Å². The Bertz CT molecular complexity index is 1050. The molecule has 0 N–H and O–H groups in total. The largest absolute Gasteiger partial charge is 0.251 e. The van der Waals surface area contributed by atoms with E-state index in [1.165, 1.54) is 0 Å². The number of rotatable bonds is 3. The summed E-state index contributed by atoms with van der Waals surface area (Å²) in [5.74, 6) is 0. The van der Waals surface area contributed by atoms with E-state index >= 15 is 0 Å². The Hall–Kier alpha value is -2.72. The molecule has 1 aliphatic rings. The van der Waals surface area contributed by atoms with E-state index < -0.39 is 15.1 Å². The Balaban J connectivity index is 1.91. The zero-order valence-corrected chi connectivity index (χ0v) is 14.6. The molecule has 4 rings (SSSR count). The van der Waals surface area contributed by atoms with Crippen LogP contribution in [0.15, 0.2) is 88.8 Å². The zero-order chi connectivity index (χ0) is 17.4. The summed E-state index contributed by atoms with van der Waals surface area (Å²) in [6.07, 6.45) is 0. The van der Waals surface area contributed by atoms with E-state index in [4.69, 9.17) is 0 Å². The third kappa shape index (κ3) is 2.68. The fourth-order valence-electron chi connectivity index (χ4n) is 3.15. The van der Waals surface area contributed by atoms with Gasteiger partial charge in [-0.25, -0.2) is 8.42 Å². The van der Waals surface area contributed by atoms with Crippen molar-refractivity contribution < 1.29 is 8.42 Å². The van der Waals surface area contributed by atoms with Crippen molar-refractivity contribution >= 4 is 21.2 Å². The lowest BCUT2D eigenvalue weighted by atomic mass is 10.0. The number of nitrogens with zero attached hydrogens (tertiary/aromatic N) is 1. The highest BCUT2D eigenvalue weighted by Gasteiger charge is 2.39. The standard InChI is InChI=1S/C21H17NO2S/c1-15-11-13-17(14-12-15)25(23,24)21-18-9-5-6-10-19(18)22-20(21)16-7-3-2-4-8-16/h2-14,21H,1H3/t21-/m0/s1. The van der Waals surface area contributed by atoms with Gasteiger partial charge in [-0.3, -0.25) is 4.99 Å². The predicted octanol–water partition coefficient (Wildman–Crippen LogP) is 4.64. The van der Waals surface area contributed by atoms with E-state index in [1.54, 1.807) is 12.1 Å². The molecule has 1 heterocycles. The van der Waals surface area contributed by atoms with Crippen molar-refractivity contribution in [2.75, 3.05) is 0 Å². The lowest BCUT2D eigenvalue weighted by Gasteiger charge is -2.16. The summed E-state index contributed by atoms with van der Waals surface area (Å²) in [6, 6.07) is 24.0. The first-order valence-electron chi connectivity index (χ1n) is 8.11. The van der Waals surface area contributed by atoms with E-state index in [2.05, 4.69) is 4.99 Å². The number of fused-ring (bicyclic) bond motifs is 1. The van der Waals surface area contributed by atoms with Gasteiger partial charge in [0, 0.05) is 5.56 Å². The first-order valence-corrected chi connectivity index (χ1v) is 9.65. The summed E-state index contributed by atoms with van der Waals surface area (Å²) in [5, 5.41) is -0.784. The number of aryl methyl sites for hydroxylation is 1. The van der Waals surface area contributed by atoms with Crippen molar-refractivity contribution in [2.24, 2.45) is 4.99 Å². The molecule has 0 amide bonds. The molecule has 0 fully saturated rings. The minimum atomic E-state index is -3.60. The molecule has 3 aromatic carbocycles. The summed E-state index contributed by atoms with van der Waals surface area (Å²) in [4.78, 5) is 4.97. The van der Waals surface area contributed by atoms with Gasteiger partial charge >= 0.3 is 0 Å². The highest BCUT2D eigenvalue weighted by molar-refractivity contribution is 7.92. The smallest absolute Gasteiger partial charge is 0.191 e. The average Bonchev–Trinajstić information content (AvgIpc) is 3.03. The maximum absolute atomic E-state index is 13.4. The Labute approximate surface area is 147 Å². The topological polar surface area (TPSA) is 46.5 Å². The summed E-state index contributed by atoms with van der Waals surface area (Å²) in [7, 11) is -3.60. The lowest BCUT2D eigenvalue weighted by molar-refractivity contribution is 0.593. The molecular weight excluding hydrogens is 330 g/mol. The molecule has 124 valence electrons. The Kier molecular flexibility index (Phi) is 3.77. The van der Waals surface area contributed by atoms with Gasteiger partial charge in [0.25, 0.3) is 0 Å². The molecule has 0 radical (unpaired) electrons. The normalized spacial score (nSPS) is 16.4. The van der Waals surface area contributed by atoms with Gasteiger partial charge in [0.05, 0.1) is 16.3 Å². The van der Waals surface area contributed by atoms with Crippen LogP contribution in [-0.4, -0.2) is 14.1 Å². The highest BCUT2D eigenvalue weighted by Crippen LogP contribution is 2.43. The van der Waals surface area contributed by atoms with Crippen LogP contribution in [0.2, 0.25) is 0 Å². The second-order valence-electron chi connectivity index (χ2n) is 6.16. The number of benzene rings is 3. The minimum Gasteiger partial charge on any atom is -0.251 e. The fourth-order valence-corrected chi connectivity index (χ4v) is 4.95. The van der Waals surface area contributed by atoms with Crippen LogP contribution in [0.5, 0.6) is 0 Å². The van der Waals surface area contributed by atoms with Crippen molar-refractivity contribution in [1.29, 1.82) is 0 Å². The van der Waals surface area contributed by atoms with Crippen LogP contribution < -0.4 is 0 Å². The lowest BCUT2D eigenvalue weighted by Crippen LogP contribution is -2.20. The van der Waals surface area contributed by atoms with Gasteiger partial charge in [0.1, 0.15) is 5.25 Å². The molecule has 0 saturated carbocycles. The maximum atomic E-state index is 13.4. The second-order valence-corrected chi connectivity index (χ2v) is 8.19. The van der Waals surface area contributed by atoms with Gasteiger partial charge in [0.15, 0.2) is 9.84 Å². The highest BCUT2D eigenvalue weighted by atomic mass is 32.2. The summed E-state index contributed by atoms with van der Waals surface area (Å²) in [5.41, 5.74) is 3.91. The molecule has 0 unspecified atom stereocenters. The second kappa shape index (κ2) is 5.97. The van der Waals surface area contributed by atoms with Crippen molar-refractivity contribution in [2.45, 2.75) is 17.1 Å². The van der Waals surface area contributed by atoms with Gasteiger partial charge in [0.2, 0.25) is 0 Å². The molecule has 0 bridgehead atoms. The summed E-state index contributed by atoms with van der Waals surface area (Å²) < 4.78 is 26.8. The third-order valence-corrected chi connectivity index (χ3v) is 6.46. The number of hydrogen-bond acceptors (Lipinski definition) is 3. The van der Waals surface area contributed by atoms with Gasteiger partial charge < -0.3 is 0 Å². The Morgan fingerprint density at radius 3 is 2.16 bits per heavy atom. The van der Waals surface area contributed by atoms with Crippen LogP contribution in [0.25, 0.3) is 0 Å². The summed E-state index contributed by atoms with van der Waals surface area (Å²) >= 11 is 0. The van der Waals surface area contributed by atoms with Crippen LogP contribution in [-0.2, 0) is 9.84 Å². The van der Waals surface area contributed by atoms with Crippen LogP contribution in [0.1, 0.15) is 21.9 Å². The molecule has 4 heteroatoms. The SMILES string of the molecule is Cc1ccc(S(=O)(=O)[C@@H]2C(c3ccccc3)=Nc3ccccc32)cc1. The number of aliphatic imine (C=N–C) groups is 1. The molecule has 0 aliphatic carbocycles. The quantitative estimate of drug-likeness (QED) is 0.693. The van der Waals surface area contributed by atoms with Crippen LogP contribution in [0.3, 0.4) is 0 Å². The molecule has 0 saturated heterocycles. The minimum absolute atomic E-state index is 0.323. The van der Waals surface area contributed by atoms with Crippen molar-refractivity contribution in [3.05, 3.63) is 95.6 Å². The van der Waals surface area contributed by atoms with Gasteiger partial charge in [-0.1, -0.05) is 66.2 Å². The monoisotopic (exact) mass is 347 g/mol. The van der Waals surface area contributed by atoms with Crippen LogP contribution in [0.4, 0.5) is 5.69 Å². The zero-order valence-electron chi connectivity index (χ0n) is 13.8. The third-order valence-electron chi connectivity index (χ3n) is 4.44. The number of para-hydroxylation sites is 1. The van der Waals surface area contributed by atoms with Crippen LogP contribution in [0, 0.1) is 6.92 Å². The molecule has 1 atom stereocenters. The molecule has 25 heavy (non-hydrogen) atoms. The fraction of sp³-hybridized carbons (Fsp3) is 0.0952. The first-order chi connectivity index (χ1) is 12.1. The predicted molar refractivity (Wildman–Crippen MR) is 100 cm³/mol. The maximum Gasteiger partial charge on any atom is 0.191 e. The molecule has 0 aromatic heterocycles. The van der Waals surface area contributed by atoms with Gasteiger partial charge in [-0.15, -0.1) is 0 Å². The molecule has 3 aromatic rings. The van der Waals surface area contributed by atoms with Crippen molar-refractivity contribution in [3.63, 3.8) is 0 Å². The Morgan fingerprint density at radius 2 is 1.44 bits per heavy atom. The van der Waals surface area contributed by atoms with E-state index in [-0.39, 0.29) is 0 Å². The van der Waals surface area contributed by atoms with Crippen molar-refractivity contribution in [1.82, 2.24) is 0 Å². The van der Waals surface area contributed by atoms with Gasteiger partial charge in [-0.05, 0) is 30.7 Å². The van der Waals surface area contributed by atoms with E-state index in [1.807, 2.05) is 73.7 Å². The first kappa shape index (κ1) is 15.8. The average molecular weight is 347 g/mol. The Morgan fingerprint density at radius 1 is 0.800 bits per heavy atom. The number of hydrogen-bond donors (Lipinski definition) is 0. The molecular formula is C21H17NO2S.